The van der Waals surface area contributed by atoms with E-state index < -0.39 is 41.6 Å². The maximum atomic E-state index is 14.5. The third kappa shape index (κ3) is 11.9. The standard InChI is InChI=1S/C45H59N7O7/c1-8-30(2)39(52-25-24-50(44(52)57)28-34-21-20-33-16-12-13-17-36(33)46-34)41(54)47-37(26-31-14-10-9-11-15-31)38(53)29-51(27-32-18-22-35(58-6)23-19-32)49-42(55)40(45(3,4)5)48-43(56)59-7/h9-23,30,37-40,53H,8,24-29H2,1-7H3,(H,47,54)(H,48,56)(H,49,55)/t30-,37-,38-,39-,40+/m0/s1. The SMILES string of the molecule is CC[C@H](C)[C@@H](C(=O)N[C@@H](Cc1ccccc1)[C@@H](O)CN(Cc1ccc(OC)cc1)NC(=O)[C@@H](NC(=O)OC)C(C)(C)C)N1CCN(Cc2ccc3ccccc3n2)C1=O. The molecule has 5 rings (SSSR count). The van der Waals surface area contributed by atoms with Gasteiger partial charge in [0, 0.05) is 31.6 Å². The smallest absolute Gasteiger partial charge is 0.407 e. The van der Waals surface area contributed by atoms with Crippen molar-refractivity contribution in [3.05, 3.63) is 108 Å². The van der Waals surface area contributed by atoms with Gasteiger partial charge in [0.2, 0.25) is 5.91 Å². The summed E-state index contributed by atoms with van der Waals surface area (Å²) >= 11 is 0. The second-order valence-corrected chi connectivity index (χ2v) is 16.2. The number of carbonyl (C=O) groups is 4. The average molecular weight is 810 g/mol. The first-order valence-electron chi connectivity index (χ1n) is 20.2. The van der Waals surface area contributed by atoms with Gasteiger partial charge in [-0.25, -0.2) is 14.6 Å². The number of rotatable bonds is 18. The molecular formula is C45H59N7O7. The van der Waals surface area contributed by atoms with Crippen LogP contribution in [0.5, 0.6) is 5.75 Å². The van der Waals surface area contributed by atoms with E-state index in [2.05, 4.69) is 16.1 Å². The van der Waals surface area contributed by atoms with Crippen molar-refractivity contribution in [2.75, 3.05) is 33.9 Å². The van der Waals surface area contributed by atoms with E-state index in [4.69, 9.17) is 14.5 Å². The van der Waals surface area contributed by atoms with Crippen LogP contribution in [0, 0.1) is 11.3 Å². The van der Waals surface area contributed by atoms with Crippen LogP contribution in [0.3, 0.4) is 0 Å². The lowest BCUT2D eigenvalue weighted by atomic mass is 9.86. The lowest BCUT2D eigenvalue weighted by molar-refractivity contribution is -0.132. The third-order valence-corrected chi connectivity index (χ3v) is 10.8. The van der Waals surface area contributed by atoms with Gasteiger partial charge in [-0.05, 0) is 53.1 Å². The van der Waals surface area contributed by atoms with Crippen molar-refractivity contribution < 1.29 is 33.8 Å². The van der Waals surface area contributed by atoms with Crippen molar-refractivity contribution in [2.24, 2.45) is 11.3 Å². The van der Waals surface area contributed by atoms with Crippen LogP contribution >= 0.6 is 0 Å². The first kappa shape index (κ1) is 44.4. The Morgan fingerprint density at radius 1 is 0.881 bits per heavy atom. The fraction of sp³-hybridized carbons (Fsp3) is 0.444. The Morgan fingerprint density at radius 2 is 1.58 bits per heavy atom. The highest BCUT2D eigenvalue weighted by Gasteiger charge is 2.41. The van der Waals surface area contributed by atoms with Crippen LogP contribution in [-0.4, -0.2) is 107 Å². The molecule has 1 aliphatic rings. The average Bonchev–Trinajstić information content (AvgIpc) is 3.57. The number of nitrogens with one attached hydrogen (secondary N) is 3. The minimum Gasteiger partial charge on any atom is -0.497 e. The summed E-state index contributed by atoms with van der Waals surface area (Å²) in [5, 5.41) is 20.5. The predicted octanol–water partition coefficient (Wildman–Crippen LogP) is 5.29. The number of aliphatic hydroxyl groups excluding tert-OH is 1. The number of hydrazine groups is 1. The number of alkyl carbamates (subject to hydrolysis) is 1. The van der Waals surface area contributed by atoms with Crippen molar-refractivity contribution in [1.29, 1.82) is 0 Å². The second-order valence-electron chi connectivity index (χ2n) is 16.2. The molecule has 0 radical (unpaired) electrons. The molecule has 1 aromatic heterocycles. The van der Waals surface area contributed by atoms with E-state index in [0.717, 1.165) is 27.7 Å². The molecule has 0 aliphatic carbocycles. The number of methoxy groups -OCH3 is 2. The van der Waals surface area contributed by atoms with Gasteiger partial charge >= 0.3 is 12.1 Å². The number of aromatic nitrogens is 1. The number of hydrogen-bond acceptors (Lipinski definition) is 9. The van der Waals surface area contributed by atoms with Gasteiger partial charge in [-0.3, -0.25) is 20.0 Å². The van der Waals surface area contributed by atoms with Gasteiger partial charge in [-0.2, -0.15) is 0 Å². The number of urea groups is 1. The molecule has 0 unspecified atom stereocenters. The van der Waals surface area contributed by atoms with Crippen LogP contribution in [-0.2, 0) is 33.8 Å². The molecule has 5 amide bonds. The van der Waals surface area contributed by atoms with E-state index in [1.165, 1.54) is 7.11 Å². The zero-order valence-corrected chi connectivity index (χ0v) is 35.2. The molecule has 1 fully saturated rings. The lowest BCUT2D eigenvalue weighted by Crippen LogP contribution is -2.60. The lowest BCUT2D eigenvalue weighted by Gasteiger charge is -2.36. The summed E-state index contributed by atoms with van der Waals surface area (Å²) in [5.41, 5.74) is 5.52. The Labute approximate surface area is 347 Å². The summed E-state index contributed by atoms with van der Waals surface area (Å²) in [6.45, 7) is 10.6. The maximum Gasteiger partial charge on any atom is 0.407 e. The van der Waals surface area contributed by atoms with Crippen LogP contribution in [0.2, 0.25) is 0 Å². The van der Waals surface area contributed by atoms with Crippen molar-refractivity contribution in [3.8, 4) is 5.75 Å². The third-order valence-electron chi connectivity index (χ3n) is 10.8. The molecule has 1 aliphatic heterocycles. The second kappa shape index (κ2) is 20.3. The molecule has 59 heavy (non-hydrogen) atoms. The summed E-state index contributed by atoms with van der Waals surface area (Å²) in [5.74, 6) is -0.431. The normalized spacial score (nSPS) is 15.6. The van der Waals surface area contributed by atoms with E-state index in [-0.39, 0.29) is 37.4 Å². The Balaban J connectivity index is 1.39. The summed E-state index contributed by atoms with van der Waals surface area (Å²) in [4.78, 5) is 62.9. The molecule has 4 aromatic rings. The molecule has 316 valence electrons. The van der Waals surface area contributed by atoms with Crippen molar-refractivity contribution in [1.82, 2.24) is 35.9 Å². The first-order valence-corrected chi connectivity index (χ1v) is 20.2. The highest BCUT2D eigenvalue weighted by Crippen LogP contribution is 2.24. The highest BCUT2D eigenvalue weighted by molar-refractivity contribution is 5.89. The topological polar surface area (TPSA) is 166 Å². The Hall–Kier alpha value is -5.73. The number of fused-ring (bicyclic) bond motifs is 1. The largest absolute Gasteiger partial charge is 0.497 e. The number of pyridine rings is 1. The quantitative estimate of drug-likeness (QED) is 0.0979. The Morgan fingerprint density at radius 3 is 2.24 bits per heavy atom. The number of benzene rings is 3. The van der Waals surface area contributed by atoms with Crippen molar-refractivity contribution in [2.45, 2.75) is 84.8 Å². The van der Waals surface area contributed by atoms with Gasteiger partial charge in [-0.1, -0.05) is 108 Å². The fourth-order valence-electron chi connectivity index (χ4n) is 7.27. The summed E-state index contributed by atoms with van der Waals surface area (Å²) in [7, 11) is 2.80. The minimum atomic E-state index is -1.21. The molecule has 14 nitrogen and oxygen atoms in total. The van der Waals surface area contributed by atoms with E-state index in [1.54, 1.807) is 34.1 Å². The molecule has 14 heteroatoms. The number of carbonyl (C=O) groups excluding carboxylic acids is 4. The van der Waals surface area contributed by atoms with Crippen molar-refractivity contribution >= 4 is 34.8 Å². The predicted molar refractivity (Wildman–Crippen MR) is 226 cm³/mol. The van der Waals surface area contributed by atoms with E-state index in [9.17, 15) is 24.3 Å². The zero-order valence-electron chi connectivity index (χ0n) is 35.2. The number of para-hydroxylation sites is 1. The number of hydrogen-bond donors (Lipinski definition) is 4. The van der Waals surface area contributed by atoms with Crippen LogP contribution in [0.4, 0.5) is 9.59 Å². The van der Waals surface area contributed by atoms with Gasteiger partial charge in [0.15, 0.2) is 0 Å². The Bertz CT molecular complexity index is 2020. The molecule has 3 aromatic carbocycles. The van der Waals surface area contributed by atoms with Gasteiger partial charge < -0.3 is 35.0 Å². The first-order chi connectivity index (χ1) is 28.2. The molecule has 2 heterocycles. The van der Waals surface area contributed by atoms with Crippen LogP contribution in [0.15, 0.2) is 91.0 Å². The molecule has 0 bridgehead atoms. The van der Waals surface area contributed by atoms with E-state index in [0.29, 0.717) is 31.8 Å². The van der Waals surface area contributed by atoms with Crippen LogP contribution < -0.4 is 20.8 Å². The number of aliphatic hydroxyl groups is 1. The highest BCUT2D eigenvalue weighted by atomic mass is 16.5. The number of nitrogens with zero attached hydrogens (tertiary/aromatic N) is 4. The van der Waals surface area contributed by atoms with E-state index in [1.807, 2.05) is 113 Å². The molecule has 0 spiro atoms. The van der Waals surface area contributed by atoms with E-state index >= 15 is 0 Å². The van der Waals surface area contributed by atoms with Crippen LogP contribution in [0.1, 0.15) is 57.9 Å². The summed E-state index contributed by atoms with van der Waals surface area (Å²) in [6.07, 6.45) is -1.06. The van der Waals surface area contributed by atoms with Crippen LogP contribution in [0.25, 0.3) is 10.9 Å². The number of amides is 5. The number of ether oxygens (including phenoxy) is 2. The molecule has 1 saturated heterocycles. The molecule has 5 atom stereocenters. The molecule has 4 N–H and O–H groups in total. The fourth-order valence-corrected chi connectivity index (χ4v) is 7.27. The Kier molecular flexibility index (Phi) is 15.3. The van der Waals surface area contributed by atoms with Gasteiger partial charge in [-0.15, -0.1) is 0 Å². The maximum absolute atomic E-state index is 14.5. The van der Waals surface area contributed by atoms with Gasteiger partial charge in [0.05, 0.1) is 44.1 Å². The minimum absolute atomic E-state index is 0.103. The summed E-state index contributed by atoms with van der Waals surface area (Å²) in [6, 6.07) is 25.7. The van der Waals surface area contributed by atoms with Gasteiger partial charge in [0.25, 0.3) is 5.91 Å². The summed E-state index contributed by atoms with van der Waals surface area (Å²) < 4.78 is 10.1. The monoisotopic (exact) mass is 809 g/mol. The molecular weight excluding hydrogens is 751 g/mol. The van der Waals surface area contributed by atoms with Gasteiger partial charge in [0.1, 0.15) is 17.8 Å². The van der Waals surface area contributed by atoms with Crippen molar-refractivity contribution in [3.63, 3.8) is 0 Å². The zero-order chi connectivity index (χ0) is 42.7. The molecule has 0 saturated carbocycles.